The van der Waals surface area contributed by atoms with E-state index in [2.05, 4.69) is 6.07 Å². The third kappa shape index (κ3) is 2.69. The lowest BCUT2D eigenvalue weighted by molar-refractivity contribution is -0.177. The van der Waals surface area contributed by atoms with Crippen LogP contribution in [-0.2, 0) is 22.6 Å². The highest BCUT2D eigenvalue weighted by atomic mass is 19.3. The van der Waals surface area contributed by atoms with Crippen LogP contribution in [0.3, 0.4) is 0 Å². The molecule has 8 heteroatoms. The molecule has 2 aliphatic heterocycles. The molecular formula is C29H30F2N2O4. The van der Waals surface area contributed by atoms with Crippen LogP contribution in [0.2, 0.25) is 0 Å². The molecule has 0 radical (unpaired) electrons. The Hall–Kier alpha value is -3.16. The Kier molecular flexibility index (Phi) is 4.63. The van der Waals surface area contributed by atoms with Crippen LogP contribution < -0.4 is 4.74 Å². The first-order chi connectivity index (χ1) is 17.7. The molecule has 3 aliphatic carbocycles. The monoisotopic (exact) mass is 508 g/mol. The predicted molar refractivity (Wildman–Crippen MR) is 131 cm³/mol. The van der Waals surface area contributed by atoms with Gasteiger partial charge in [0.25, 0.3) is 5.91 Å². The highest BCUT2D eigenvalue weighted by molar-refractivity contribution is 5.85. The molecule has 0 aromatic heterocycles. The van der Waals surface area contributed by atoms with E-state index in [1.165, 1.54) is 34.7 Å². The number of ether oxygens (including phenoxy) is 1. The number of likely N-dealkylation sites (tertiary alicyclic amines) is 2. The number of amides is 2. The van der Waals surface area contributed by atoms with Crippen LogP contribution in [-0.4, -0.2) is 59.2 Å². The molecule has 2 amide bonds. The molecule has 1 N–H and O–H groups in total. The molecule has 37 heavy (non-hydrogen) atoms. The Balaban J connectivity index is 1.37. The van der Waals surface area contributed by atoms with E-state index >= 15 is 8.78 Å². The van der Waals surface area contributed by atoms with Gasteiger partial charge in [-0.3, -0.25) is 4.79 Å². The molecule has 4 bridgehead atoms. The van der Waals surface area contributed by atoms with Crippen LogP contribution in [0.25, 0.3) is 0 Å². The number of nitrogens with zero attached hydrogens (tertiary/aromatic N) is 2. The van der Waals surface area contributed by atoms with E-state index in [1.54, 1.807) is 18.1 Å². The predicted octanol–water partition coefficient (Wildman–Crippen LogP) is 4.66. The zero-order chi connectivity index (χ0) is 25.7. The fraction of sp³-hybridized carbons (Fsp3) is 0.517. The van der Waals surface area contributed by atoms with E-state index in [4.69, 9.17) is 4.74 Å². The molecule has 2 unspecified atom stereocenters. The topological polar surface area (TPSA) is 70.1 Å². The Morgan fingerprint density at radius 2 is 1.89 bits per heavy atom. The van der Waals surface area contributed by atoms with Crippen molar-refractivity contribution < 1.29 is 28.2 Å². The van der Waals surface area contributed by atoms with E-state index in [0.29, 0.717) is 25.8 Å². The number of carbonyl (C=O) groups excluding carboxylic acids is 1. The lowest BCUT2D eigenvalue weighted by Crippen LogP contribution is -2.71. The summed E-state index contributed by atoms with van der Waals surface area (Å²) >= 11 is 0. The smallest absolute Gasteiger partial charge is 0.407 e. The molecule has 2 aromatic carbocycles. The Morgan fingerprint density at radius 3 is 2.62 bits per heavy atom. The van der Waals surface area contributed by atoms with E-state index in [-0.39, 0.29) is 46.9 Å². The number of carbonyl (C=O) groups is 2. The summed E-state index contributed by atoms with van der Waals surface area (Å²) in [6, 6.07) is 13.0. The van der Waals surface area contributed by atoms with Gasteiger partial charge in [-0.15, -0.1) is 0 Å². The minimum absolute atomic E-state index is 0.0797. The van der Waals surface area contributed by atoms with Crippen molar-refractivity contribution >= 4 is 12.0 Å². The maximum atomic E-state index is 15.6. The first-order valence-electron chi connectivity index (χ1n) is 13.2. The highest BCUT2D eigenvalue weighted by Crippen LogP contribution is 2.75. The number of piperidine rings is 1. The lowest BCUT2D eigenvalue weighted by Gasteiger charge is -2.66. The molecule has 2 aromatic rings. The Labute approximate surface area is 214 Å². The fourth-order valence-electron chi connectivity index (χ4n) is 9.53. The molecule has 7 rings (SSSR count). The second kappa shape index (κ2) is 7.45. The second-order valence-electron chi connectivity index (χ2n) is 11.6. The largest absolute Gasteiger partial charge is 0.497 e. The van der Waals surface area contributed by atoms with Gasteiger partial charge in [0.1, 0.15) is 5.75 Å². The van der Waals surface area contributed by atoms with Crippen LogP contribution >= 0.6 is 0 Å². The third-order valence-corrected chi connectivity index (χ3v) is 10.6. The fourth-order valence-corrected chi connectivity index (χ4v) is 9.53. The van der Waals surface area contributed by atoms with Crippen LogP contribution in [0.4, 0.5) is 13.6 Å². The number of fused-ring (bicyclic) bond motifs is 1. The van der Waals surface area contributed by atoms with Gasteiger partial charge in [-0.2, -0.15) is 8.78 Å². The van der Waals surface area contributed by atoms with Crippen molar-refractivity contribution in [3.8, 4) is 5.75 Å². The number of carboxylic acid groups (broad SMARTS) is 1. The van der Waals surface area contributed by atoms with E-state index < -0.39 is 17.9 Å². The van der Waals surface area contributed by atoms with Crippen LogP contribution in [0.1, 0.15) is 42.4 Å². The molecule has 2 heterocycles. The molecule has 6 atom stereocenters. The molecule has 194 valence electrons. The van der Waals surface area contributed by atoms with Crippen molar-refractivity contribution in [3.63, 3.8) is 0 Å². The van der Waals surface area contributed by atoms with Gasteiger partial charge >= 0.3 is 12.0 Å². The van der Waals surface area contributed by atoms with Crippen LogP contribution in [0, 0.1) is 17.3 Å². The van der Waals surface area contributed by atoms with Crippen molar-refractivity contribution in [2.75, 3.05) is 20.2 Å². The van der Waals surface area contributed by atoms with E-state index in [0.717, 1.165) is 24.2 Å². The van der Waals surface area contributed by atoms with Gasteiger partial charge < -0.3 is 19.6 Å². The summed E-state index contributed by atoms with van der Waals surface area (Å²) in [6.45, 7) is 0.724. The Bertz CT molecular complexity index is 1300. The number of halogens is 2. The van der Waals surface area contributed by atoms with Crippen molar-refractivity contribution in [2.45, 2.75) is 55.5 Å². The zero-order valence-corrected chi connectivity index (χ0v) is 20.7. The van der Waals surface area contributed by atoms with Gasteiger partial charge in [-0.05, 0) is 67.2 Å². The molecule has 4 fully saturated rings. The second-order valence-corrected chi connectivity index (χ2v) is 11.6. The third-order valence-electron chi connectivity index (χ3n) is 10.6. The van der Waals surface area contributed by atoms with Gasteiger partial charge in [-0.25, -0.2) is 4.79 Å². The maximum Gasteiger partial charge on any atom is 0.407 e. The minimum Gasteiger partial charge on any atom is -0.497 e. The summed E-state index contributed by atoms with van der Waals surface area (Å²) in [5, 5.41) is 9.96. The highest BCUT2D eigenvalue weighted by Gasteiger charge is 2.77. The van der Waals surface area contributed by atoms with Gasteiger partial charge in [0, 0.05) is 41.6 Å². The van der Waals surface area contributed by atoms with Gasteiger partial charge in [0.15, 0.2) is 0 Å². The molecule has 5 aliphatic rings. The molecule has 2 saturated carbocycles. The standard InChI is InChI=1S/C29H30F2N2O4/c1-37-20-8-7-17-13-23-27-10-9-22-24(18(15-27)16-33(22)26(35)36)28(27,21(17)14-20)11-12-32(23)25(34)29(30,31)19-5-3-2-4-6-19/h2-8,14,18,22-24H,9-13,15-16H2,1H3,(H,35,36)/t18-,22?,23-,24?,27-,28+/m1/s1. The van der Waals surface area contributed by atoms with Gasteiger partial charge in [0.2, 0.25) is 0 Å². The van der Waals surface area contributed by atoms with Crippen LogP contribution in [0.5, 0.6) is 5.75 Å². The summed E-state index contributed by atoms with van der Waals surface area (Å²) in [4.78, 5) is 28.9. The molecule has 6 nitrogen and oxygen atoms in total. The van der Waals surface area contributed by atoms with Gasteiger partial charge in [0.05, 0.1) is 7.11 Å². The van der Waals surface area contributed by atoms with Gasteiger partial charge in [-0.1, -0.05) is 36.4 Å². The SMILES string of the molecule is COc1ccc2c(c1)[C@]13CCN(C(=O)C(F)(F)c4ccccc4)[C@H](C2)[C@]12CCC1C3[C@@H](CN1C(=O)O)C2. The van der Waals surface area contributed by atoms with Crippen molar-refractivity contribution in [3.05, 3.63) is 65.2 Å². The quantitative estimate of drug-likeness (QED) is 0.655. The number of methoxy groups -OCH3 is 1. The molecule has 0 spiro atoms. The first-order valence-corrected chi connectivity index (χ1v) is 13.2. The zero-order valence-electron chi connectivity index (χ0n) is 20.7. The summed E-state index contributed by atoms with van der Waals surface area (Å²) < 4.78 is 36.8. The summed E-state index contributed by atoms with van der Waals surface area (Å²) in [5.41, 5.74) is 1.28. The normalized spacial score (nSPS) is 35.1. The maximum absolute atomic E-state index is 15.6. The summed E-state index contributed by atoms with van der Waals surface area (Å²) in [7, 11) is 1.64. The molecular weight excluding hydrogens is 478 g/mol. The summed E-state index contributed by atoms with van der Waals surface area (Å²) in [6.07, 6.45) is 2.42. The number of benzene rings is 2. The average Bonchev–Trinajstić information content (AvgIpc) is 3.35. The minimum atomic E-state index is -3.61. The van der Waals surface area contributed by atoms with Crippen LogP contribution in [0.15, 0.2) is 48.5 Å². The number of hydrogen-bond acceptors (Lipinski definition) is 3. The van der Waals surface area contributed by atoms with Crippen molar-refractivity contribution in [1.29, 1.82) is 0 Å². The Morgan fingerprint density at radius 1 is 1.11 bits per heavy atom. The summed E-state index contributed by atoms with van der Waals surface area (Å²) in [5.74, 6) is -3.69. The number of hydrogen-bond donors (Lipinski definition) is 1. The number of alkyl halides is 2. The lowest BCUT2D eigenvalue weighted by atomic mass is 9.43. The first kappa shape index (κ1) is 23.0. The average molecular weight is 509 g/mol. The van der Waals surface area contributed by atoms with E-state index in [9.17, 15) is 14.7 Å². The van der Waals surface area contributed by atoms with Crippen molar-refractivity contribution in [1.82, 2.24) is 9.80 Å². The van der Waals surface area contributed by atoms with E-state index in [1.807, 2.05) is 12.1 Å². The molecule has 2 saturated heterocycles. The number of rotatable bonds is 3. The van der Waals surface area contributed by atoms with Crippen molar-refractivity contribution in [2.24, 2.45) is 17.3 Å².